The fourth-order valence-electron chi connectivity index (χ4n) is 1.11. The van der Waals surface area contributed by atoms with E-state index < -0.39 is 5.60 Å². The van der Waals surface area contributed by atoms with Crippen molar-refractivity contribution in [2.24, 2.45) is 0 Å². The van der Waals surface area contributed by atoms with Crippen LogP contribution < -0.4 is 0 Å². The minimum Gasteiger partial charge on any atom is -0.390 e. The number of hydrogen-bond donors (Lipinski definition) is 1. The zero-order chi connectivity index (χ0) is 11.6. The van der Waals surface area contributed by atoms with Crippen molar-refractivity contribution < 1.29 is 9.90 Å². The van der Waals surface area contributed by atoms with E-state index in [0.29, 0.717) is 0 Å². The minimum absolute atomic E-state index is 0.0255. The molecule has 0 aromatic carbocycles. The summed E-state index contributed by atoms with van der Waals surface area (Å²) in [6.07, 6.45) is 5.78. The molecule has 14 heavy (non-hydrogen) atoms. The number of carbonyl (C=O) groups is 1. The Kier molecular flexibility index (Phi) is 10.6. The molecule has 0 saturated heterocycles. The lowest BCUT2D eigenvalue weighted by molar-refractivity contribution is -0.120. The van der Waals surface area contributed by atoms with Crippen molar-refractivity contribution in [3.8, 4) is 0 Å². The lowest BCUT2D eigenvalue weighted by Gasteiger charge is -2.13. The SMILES string of the molecule is CC(=O)CC(C)(C)O.CCCCCC. The second-order valence-corrected chi connectivity index (χ2v) is 4.40. The summed E-state index contributed by atoms with van der Waals surface area (Å²) < 4.78 is 0. The molecule has 0 aliphatic carbocycles. The number of ketones is 1. The predicted molar refractivity (Wildman–Crippen MR) is 61.4 cm³/mol. The molecular formula is C12H26O2. The Labute approximate surface area is 88.7 Å². The van der Waals surface area contributed by atoms with Crippen LogP contribution in [0.5, 0.6) is 0 Å². The molecule has 0 aromatic heterocycles. The molecule has 1 N–H and O–H groups in total. The standard InChI is InChI=1S/C6H12O2.C6H14/c1-5(7)4-6(2,3)8;1-3-5-6-4-2/h8H,4H2,1-3H3;3-6H2,1-2H3. The number of rotatable bonds is 5. The normalized spacial score (nSPS) is 10.4. The zero-order valence-corrected chi connectivity index (χ0v) is 10.4. The van der Waals surface area contributed by atoms with Crippen LogP contribution in [0.4, 0.5) is 0 Å². The van der Waals surface area contributed by atoms with Gasteiger partial charge in [0.05, 0.1) is 5.60 Å². The van der Waals surface area contributed by atoms with Crippen molar-refractivity contribution in [2.45, 2.75) is 72.3 Å². The fraction of sp³-hybridized carbons (Fsp3) is 0.917. The third kappa shape index (κ3) is 22.6. The van der Waals surface area contributed by atoms with Gasteiger partial charge in [-0.25, -0.2) is 0 Å². The molecule has 0 bridgehead atoms. The second kappa shape index (κ2) is 9.20. The average Bonchev–Trinajstić information content (AvgIpc) is 1.97. The Hall–Kier alpha value is -0.370. The van der Waals surface area contributed by atoms with Crippen molar-refractivity contribution in [3.63, 3.8) is 0 Å². The van der Waals surface area contributed by atoms with E-state index in [0.717, 1.165) is 0 Å². The maximum Gasteiger partial charge on any atom is 0.132 e. The van der Waals surface area contributed by atoms with Gasteiger partial charge in [-0.1, -0.05) is 39.5 Å². The van der Waals surface area contributed by atoms with Crippen molar-refractivity contribution in [2.75, 3.05) is 0 Å². The van der Waals surface area contributed by atoms with Gasteiger partial charge in [0.2, 0.25) is 0 Å². The summed E-state index contributed by atoms with van der Waals surface area (Å²) in [6.45, 7) is 9.17. The number of aliphatic hydroxyl groups is 1. The number of unbranched alkanes of at least 4 members (excludes halogenated alkanes) is 3. The van der Waals surface area contributed by atoms with Crippen LogP contribution in [-0.4, -0.2) is 16.5 Å². The third-order valence-corrected chi connectivity index (χ3v) is 1.64. The van der Waals surface area contributed by atoms with E-state index in [1.807, 2.05) is 0 Å². The van der Waals surface area contributed by atoms with Crippen LogP contribution in [0.3, 0.4) is 0 Å². The molecule has 0 saturated carbocycles. The summed E-state index contributed by atoms with van der Waals surface area (Å²) in [5.41, 5.74) is -0.828. The van der Waals surface area contributed by atoms with Crippen LogP contribution in [-0.2, 0) is 4.79 Å². The fourth-order valence-corrected chi connectivity index (χ4v) is 1.11. The number of carbonyl (C=O) groups excluding carboxylic acids is 1. The smallest absolute Gasteiger partial charge is 0.132 e. The maximum absolute atomic E-state index is 10.3. The predicted octanol–water partition coefficient (Wildman–Crippen LogP) is 3.32. The van der Waals surface area contributed by atoms with E-state index in [4.69, 9.17) is 5.11 Å². The Bertz CT molecular complexity index is 130. The molecule has 2 nitrogen and oxygen atoms in total. The topological polar surface area (TPSA) is 37.3 Å². The van der Waals surface area contributed by atoms with Gasteiger partial charge in [-0.05, 0) is 20.8 Å². The van der Waals surface area contributed by atoms with E-state index in [2.05, 4.69) is 13.8 Å². The Morgan fingerprint density at radius 1 is 1.14 bits per heavy atom. The highest BCUT2D eigenvalue weighted by Crippen LogP contribution is 2.06. The summed E-state index contributed by atoms with van der Waals surface area (Å²) in [6, 6.07) is 0. The van der Waals surface area contributed by atoms with Crippen molar-refractivity contribution in [1.82, 2.24) is 0 Å². The molecule has 2 heteroatoms. The van der Waals surface area contributed by atoms with Crippen LogP contribution in [0.25, 0.3) is 0 Å². The van der Waals surface area contributed by atoms with Crippen molar-refractivity contribution in [1.29, 1.82) is 0 Å². The molecule has 0 aliphatic heterocycles. The molecule has 0 atom stereocenters. The van der Waals surface area contributed by atoms with Crippen LogP contribution in [0.2, 0.25) is 0 Å². The summed E-state index contributed by atoms with van der Waals surface area (Å²) in [5, 5.41) is 8.97. The van der Waals surface area contributed by atoms with Gasteiger partial charge in [-0.3, -0.25) is 4.79 Å². The monoisotopic (exact) mass is 202 g/mol. The quantitative estimate of drug-likeness (QED) is 0.694. The van der Waals surface area contributed by atoms with Crippen LogP contribution in [0.1, 0.15) is 66.7 Å². The van der Waals surface area contributed by atoms with Gasteiger partial charge in [-0.15, -0.1) is 0 Å². The first kappa shape index (κ1) is 16.1. The summed E-state index contributed by atoms with van der Waals surface area (Å²) in [5.74, 6) is 0.0255. The molecular weight excluding hydrogens is 176 g/mol. The Balaban J connectivity index is 0. The number of Topliss-reactive ketones (excluding diaryl/α,β-unsaturated/α-hetero) is 1. The molecule has 0 unspecified atom stereocenters. The molecule has 86 valence electrons. The molecule has 0 heterocycles. The first-order valence-corrected chi connectivity index (χ1v) is 5.55. The van der Waals surface area contributed by atoms with Gasteiger partial charge < -0.3 is 5.11 Å². The van der Waals surface area contributed by atoms with E-state index in [9.17, 15) is 4.79 Å². The van der Waals surface area contributed by atoms with E-state index in [-0.39, 0.29) is 12.2 Å². The summed E-state index contributed by atoms with van der Waals surface area (Å²) >= 11 is 0. The van der Waals surface area contributed by atoms with Gasteiger partial charge >= 0.3 is 0 Å². The Morgan fingerprint density at radius 2 is 1.50 bits per heavy atom. The minimum atomic E-state index is -0.828. The largest absolute Gasteiger partial charge is 0.390 e. The summed E-state index contributed by atoms with van der Waals surface area (Å²) in [4.78, 5) is 10.3. The zero-order valence-electron chi connectivity index (χ0n) is 10.4. The van der Waals surface area contributed by atoms with Gasteiger partial charge in [-0.2, -0.15) is 0 Å². The molecule has 0 rings (SSSR count). The molecule has 0 radical (unpaired) electrons. The first-order valence-electron chi connectivity index (χ1n) is 5.55. The highest BCUT2D eigenvalue weighted by Gasteiger charge is 2.13. The van der Waals surface area contributed by atoms with Gasteiger partial charge in [0, 0.05) is 6.42 Å². The molecule has 0 spiro atoms. The van der Waals surface area contributed by atoms with Crippen molar-refractivity contribution in [3.05, 3.63) is 0 Å². The number of hydrogen-bond acceptors (Lipinski definition) is 2. The summed E-state index contributed by atoms with van der Waals surface area (Å²) in [7, 11) is 0. The van der Waals surface area contributed by atoms with Crippen LogP contribution in [0, 0.1) is 0 Å². The molecule has 0 amide bonds. The van der Waals surface area contributed by atoms with Gasteiger partial charge in [0.15, 0.2) is 0 Å². The molecule has 0 aromatic rings. The lowest BCUT2D eigenvalue weighted by atomic mass is 10.0. The first-order chi connectivity index (χ1) is 6.33. The van der Waals surface area contributed by atoms with Crippen LogP contribution in [0.15, 0.2) is 0 Å². The average molecular weight is 202 g/mol. The highest BCUT2D eigenvalue weighted by atomic mass is 16.3. The maximum atomic E-state index is 10.3. The van der Waals surface area contributed by atoms with Crippen LogP contribution >= 0.6 is 0 Å². The highest BCUT2D eigenvalue weighted by molar-refractivity contribution is 5.76. The van der Waals surface area contributed by atoms with Gasteiger partial charge in [0.25, 0.3) is 0 Å². The molecule has 0 fully saturated rings. The van der Waals surface area contributed by atoms with E-state index >= 15 is 0 Å². The van der Waals surface area contributed by atoms with E-state index in [1.165, 1.54) is 32.6 Å². The van der Waals surface area contributed by atoms with Gasteiger partial charge in [0.1, 0.15) is 5.78 Å². The molecule has 0 aliphatic rings. The second-order valence-electron chi connectivity index (χ2n) is 4.40. The van der Waals surface area contributed by atoms with Crippen molar-refractivity contribution >= 4 is 5.78 Å². The Morgan fingerprint density at radius 3 is 1.57 bits per heavy atom. The lowest BCUT2D eigenvalue weighted by Crippen LogP contribution is -2.21. The third-order valence-electron chi connectivity index (χ3n) is 1.64. The van der Waals surface area contributed by atoms with E-state index in [1.54, 1.807) is 13.8 Å².